The number of aryl methyl sites for hydroxylation is 2. The maximum absolute atomic E-state index is 13.4. The first kappa shape index (κ1) is 21.6. The van der Waals surface area contributed by atoms with Gasteiger partial charge in [-0.05, 0) is 54.8 Å². The fraction of sp³-hybridized carbons (Fsp3) is 0.160. The van der Waals surface area contributed by atoms with Crippen molar-refractivity contribution < 1.29 is 4.79 Å². The molecule has 0 aliphatic carbocycles. The zero-order valence-electron chi connectivity index (χ0n) is 18.1. The van der Waals surface area contributed by atoms with Crippen molar-refractivity contribution in [2.24, 2.45) is 0 Å². The Labute approximate surface area is 201 Å². The quantitative estimate of drug-likeness (QED) is 0.401. The molecule has 8 heteroatoms. The average molecular weight is 476 g/mol. The van der Waals surface area contributed by atoms with Crippen LogP contribution in [0.1, 0.15) is 22.7 Å². The summed E-state index contributed by atoms with van der Waals surface area (Å²) < 4.78 is 1.86. The first-order valence-corrected chi connectivity index (χ1v) is 11.8. The van der Waals surface area contributed by atoms with Crippen molar-refractivity contribution in [1.29, 1.82) is 0 Å². The predicted octanol–water partition coefficient (Wildman–Crippen LogP) is 5.61. The number of carbonyl (C=O) groups excluding carboxylic acids is 1. The zero-order valence-corrected chi connectivity index (χ0v) is 19.7. The lowest BCUT2D eigenvalue weighted by Gasteiger charge is -2.33. The first-order chi connectivity index (χ1) is 16.0. The highest BCUT2D eigenvalue weighted by atomic mass is 35.5. The number of fused-ring (bicyclic) bond motifs is 1. The topological polar surface area (TPSA) is 71.8 Å². The number of amides is 1. The van der Waals surface area contributed by atoms with Crippen LogP contribution < -0.4 is 10.7 Å². The van der Waals surface area contributed by atoms with Gasteiger partial charge >= 0.3 is 0 Å². The van der Waals surface area contributed by atoms with Gasteiger partial charge in [-0.25, -0.2) is 4.68 Å². The van der Waals surface area contributed by atoms with Crippen molar-refractivity contribution in [3.63, 3.8) is 0 Å². The van der Waals surface area contributed by atoms with Crippen molar-refractivity contribution in [2.45, 2.75) is 30.3 Å². The third kappa shape index (κ3) is 4.34. The standard InChI is InChI=1S/C25H22ClN5OS/c1-15-8-13-20(14-16(15)2)27-24(32)22-21(17-9-11-19(26)12-10-17)30-31-23(28-29-25(31)33-22)18-6-4-3-5-7-18/h3-14,21-22,30H,1-2H3,(H,27,32)/t21-,22-/m1/s1. The Bertz CT molecular complexity index is 1310. The molecule has 5 rings (SSSR count). The lowest BCUT2D eigenvalue weighted by molar-refractivity contribution is -0.116. The molecule has 2 atom stereocenters. The molecule has 166 valence electrons. The Morgan fingerprint density at radius 2 is 1.76 bits per heavy atom. The van der Waals surface area contributed by atoms with Crippen LogP contribution in [0.25, 0.3) is 11.4 Å². The maximum Gasteiger partial charge on any atom is 0.240 e. The van der Waals surface area contributed by atoms with Gasteiger partial charge in [-0.2, -0.15) is 0 Å². The van der Waals surface area contributed by atoms with Crippen molar-refractivity contribution >= 4 is 35.0 Å². The third-order valence-corrected chi connectivity index (χ3v) is 7.20. The molecule has 1 amide bonds. The van der Waals surface area contributed by atoms with Crippen molar-refractivity contribution in [1.82, 2.24) is 14.9 Å². The van der Waals surface area contributed by atoms with E-state index in [9.17, 15) is 4.79 Å². The maximum atomic E-state index is 13.4. The van der Waals surface area contributed by atoms with Crippen molar-refractivity contribution in [3.05, 3.63) is 94.5 Å². The Kier molecular flexibility index (Phi) is 5.83. The second-order valence-corrected chi connectivity index (χ2v) is 9.54. The fourth-order valence-corrected chi connectivity index (χ4v) is 4.99. The number of halogens is 1. The molecule has 0 saturated heterocycles. The van der Waals surface area contributed by atoms with E-state index in [4.69, 9.17) is 11.6 Å². The number of benzene rings is 3. The summed E-state index contributed by atoms with van der Waals surface area (Å²) in [6, 6.07) is 23.0. The predicted molar refractivity (Wildman–Crippen MR) is 133 cm³/mol. The Morgan fingerprint density at radius 3 is 2.48 bits per heavy atom. The molecular formula is C25H22ClN5OS. The van der Waals surface area contributed by atoms with Crippen molar-refractivity contribution in [2.75, 3.05) is 10.7 Å². The highest BCUT2D eigenvalue weighted by Gasteiger charge is 2.38. The molecule has 0 fully saturated rings. The molecule has 2 heterocycles. The van der Waals surface area contributed by atoms with E-state index in [0.29, 0.717) is 16.0 Å². The lowest BCUT2D eigenvalue weighted by Crippen LogP contribution is -2.41. The number of hydrogen-bond acceptors (Lipinski definition) is 5. The lowest BCUT2D eigenvalue weighted by atomic mass is 10.0. The van der Waals surface area contributed by atoms with E-state index in [1.165, 1.54) is 17.3 Å². The number of anilines is 1. The number of carbonyl (C=O) groups is 1. The second kappa shape index (κ2) is 8.92. The van der Waals surface area contributed by atoms with Crippen molar-refractivity contribution in [3.8, 4) is 11.4 Å². The van der Waals surface area contributed by atoms with E-state index in [-0.39, 0.29) is 11.9 Å². The average Bonchev–Trinajstić information content (AvgIpc) is 3.25. The van der Waals surface area contributed by atoms with Crippen LogP contribution in [-0.4, -0.2) is 26.0 Å². The summed E-state index contributed by atoms with van der Waals surface area (Å²) in [4.78, 5) is 13.4. The van der Waals surface area contributed by atoms with Gasteiger partial charge in [0, 0.05) is 16.3 Å². The van der Waals surface area contributed by atoms with Gasteiger partial charge in [-0.1, -0.05) is 71.9 Å². The minimum absolute atomic E-state index is 0.105. The van der Waals surface area contributed by atoms with Crippen LogP contribution in [0.3, 0.4) is 0 Å². The molecule has 1 aliphatic rings. The van der Waals surface area contributed by atoms with E-state index in [1.54, 1.807) is 0 Å². The van der Waals surface area contributed by atoms with Crippen LogP contribution in [-0.2, 0) is 4.79 Å². The molecule has 4 aromatic rings. The number of hydrogen-bond donors (Lipinski definition) is 2. The Morgan fingerprint density at radius 1 is 1.00 bits per heavy atom. The molecule has 0 radical (unpaired) electrons. The molecule has 0 unspecified atom stereocenters. The van der Waals surface area contributed by atoms with E-state index < -0.39 is 5.25 Å². The SMILES string of the molecule is Cc1ccc(NC(=O)[C@@H]2Sc3nnc(-c4ccccc4)n3N[C@@H]2c2ccc(Cl)cc2)cc1C. The van der Waals surface area contributed by atoms with Gasteiger partial charge in [0.25, 0.3) is 0 Å². The summed E-state index contributed by atoms with van der Waals surface area (Å²) in [5.74, 6) is 0.594. The summed E-state index contributed by atoms with van der Waals surface area (Å²) >= 11 is 7.52. The molecule has 0 spiro atoms. The number of nitrogens with zero attached hydrogens (tertiary/aromatic N) is 3. The van der Waals surface area contributed by atoms with Gasteiger partial charge in [-0.3, -0.25) is 4.79 Å². The fourth-order valence-electron chi connectivity index (χ4n) is 3.78. The van der Waals surface area contributed by atoms with Gasteiger partial charge in [0.1, 0.15) is 5.25 Å². The highest BCUT2D eigenvalue weighted by Crippen LogP contribution is 2.39. The van der Waals surface area contributed by atoms with Crippen LogP contribution in [0.5, 0.6) is 0 Å². The van der Waals surface area contributed by atoms with Crippen LogP contribution in [0.2, 0.25) is 5.02 Å². The summed E-state index contributed by atoms with van der Waals surface area (Å²) in [7, 11) is 0. The number of nitrogens with one attached hydrogen (secondary N) is 2. The Hall–Kier alpha value is -3.29. The minimum atomic E-state index is -0.465. The molecule has 3 aromatic carbocycles. The summed E-state index contributed by atoms with van der Waals surface area (Å²) in [5, 5.41) is 12.6. The van der Waals surface area contributed by atoms with E-state index >= 15 is 0 Å². The normalized spacial score (nSPS) is 17.2. The van der Waals surface area contributed by atoms with E-state index in [0.717, 1.165) is 22.4 Å². The van der Waals surface area contributed by atoms with Gasteiger partial charge in [0.15, 0.2) is 5.82 Å². The molecule has 6 nitrogen and oxygen atoms in total. The van der Waals surface area contributed by atoms with Crippen LogP contribution >= 0.6 is 23.4 Å². The van der Waals surface area contributed by atoms with Gasteiger partial charge < -0.3 is 10.7 Å². The molecule has 2 N–H and O–H groups in total. The summed E-state index contributed by atoms with van der Waals surface area (Å²) in [5.41, 5.74) is 8.46. The molecule has 0 saturated carbocycles. The number of rotatable bonds is 4. The minimum Gasteiger partial charge on any atom is -0.325 e. The molecule has 1 aromatic heterocycles. The second-order valence-electron chi connectivity index (χ2n) is 7.99. The number of aromatic nitrogens is 3. The van der Waals surface area contributed by atoms with Crippen LogP contribution in [0, 0.1) is 13.8 Å². The first-order valence-electron chi connectivity index (χ1n) is 10.6. The molecule has 33 heavy (non-hydrogen) atoms. The molecule has 1 aliphatic heterocycles. The number of thioether (sulfide) groups is 1. The third-order valence-electron chi connectivity index (χ3n) is 5.73. The molecular weight excluding hydrogens is 454 g/mol. The monoisotopic (exact) mass is 475 g/mol. The summed E-state index contributed by atoms with van der Waals surface area (Å²) in [6.45, 7) is 4.08. The smallest absolute Gasteiger partial charge is 0.240 e. The van der Waals surface area contributed by atoms with Crippen LogP contribution in [0.15, 0.2) is 78.0 Å². The van der Waals surface area contributed by atoms with E-state index in [2.05, 4.69) is 27.9 Å². The van der Waals surface area contributed by atoms with E-state index in [1.807, 2.05) is 84.4 Å². The largest absolute Gasteiger partial charge is 0.325 e. The molecule has 0 bridgehead atoms. The van der Waals surface area contributed by atoms with Crippen LogP contribution in [0.4, 0.5) is 5.69 Å². The highest BCUT2D eigenvalue weighted by molar-refractivity contribution is 8.00. The summed E-state index contributed by atoms with van der Waals surface area (Å²) in [6.07, 6.45) is 0. The van der Waals surface area contributed by atoms with Gasteiger partial charge in [0.2, 0.25) is 11.1 Å². The zero-order chi connectivity index (χ0) is 22.9. The van der Waals surface area contributed by atoms with Gasteiger partial charge in [0.05, 0.1) is 6.04 Å². The van der Waals surface area contributed by atoms with Gasteiger partial charge in [-0.15, -0.1) is 10.2 Å². The Balaban J connectivity index is 1.50.